The molecule has 0 aromatic rings. The fourth-order valence-electron chi connectivity index (χ4n) is 0.368. The van der Waals surface area contributed by atoms with Crippen molar-refractivity contribution < 1.29 is 14.9 Å². The van der Waals surface area contributed by atoms with Crippen LogP contribution in [0.3, 0.4) is 0 Å². The summed E-state index contributed by atoms with van der Waals surface area (Å²) in [4.78, 5) is 0. The van der Waals surface area contributed by atoms with Crippen LogP contribution in [0.1, 0.15) is 26.7 Å². The van der Waals surface area contributed by atoms with Crippen LogP contribution in [0.15, 0.2) is 0 Å². The predicted molar refractivity (Wildman–Crippen MR) is 33.7 cm³/mol. The van der Waals surface area contributed by atoms with E-state index in [2.05, 4.69) is 4.74 Å². The van der Waals surface area contributed by atoms with Crippen LogP contribution in [-0.4, -0.2) is 22.8 Å². The standard InChI is InChI=1S/C6H14O3/c1-3-5-9-6(7,8)4-2/h7-8H,3-5H2,1-2H3. The van der Waals surface area contributed by atoms with E-state index in [1.54, 1.807) is 6.92 Å². The molecule has 0 aromatic carbocycles. The van der Waals surface area contributed by atoms with Crippen molar-refractivity contribution in [2.24, 2.45) is 0 Å². The first-order valence-electron chi connectivity index (χ1n) is 3.21. The summed E-state index contributed by atoms with van der Waals surface area (Å²) in [6.45, 7) is 3.95. The van der Waals surface area contributed by atoms with Crippen LogP contribution in [0.25, 0.3) is 0 Å². The lowest BCUT2D eigenvalue weighted by Gasteiger charge is -2.18. The summed E-state index contributed by atoms with van der Waals surface area (Å²) in [5, 5.41) is 17.6. The molecule has 0 bridgehead atoms. The highest BCUT2D eigenvalue weighted by Gasteiger charge is 2.19. The van der Waals surface area contributed by atoms with Gasteiger partial charge in [0.25, 0.3) is 5.97 Å². The highest BCUT2D eigenvalue weighted by atomic mass is 16.8. The molecule has 0 fully saturated rings. The summed E-state index contributed by atoms with van der Waals surface area (Å²) in [7, 11) is 0. The van der Waals surface area contributed by atoms with Gasteiger partial charge in [-0.1, -0.05) is 13.8 Å². The summed E-state index contributed by atoms with van der Waals surface area (Å²) in [6, 6.07) is 0. The lowest BCUT2D eigenvalue weighted by Crippen LogP contribution is -2.30. The molecule has 0 aromatic heterocycles. The second-order valence-electron chi connectivity index (χ2n) is 1.95. The average molecular weight is 134 g/mol. The van der Waals surface area contributed by atoms with E-state index in [1.165, 1.54) is 0 Å². The van der Waals surface area contributed by atoms with E-state index in [-0.39, 0.29) is 6.42 Å². The van der Waals surface area contributed by atoms with E-state index in [9.17, 15) is 0 Å². The van der Waals surface area contributed by atoms with E-state index < -0.39 is 5.97 Å². The zero-order valence-corrected chi connectivity index (χ0v) is 5.92. The molecular weight excluding hydrogens is 120 g/mol. The van der Waals surface area contributed by atoms with Crippen molar-refractivity contribution in [2.45, 2.75) is 32.7 Å². The smallest absolute Gasteiger partial charge is 0.277 e. The van der Waals surface area contributed by atoms with Crippen LogP contribution in [0.2, 0.25) is 0 Å². The molecule has 0 spiro atoms. The number of rotatable bonds is 4. The fraction of sp³-hybridized carbons (Fsp3) is 1.00. The first-order valence-corrected chi connectivity index (χ1v) is 3.21. The maximum atomic E-state index is 8.79. The Bertz CT molecular complexity index is 70.7. The van der Waals surface area contributed by atoms with Gasteiger partial charge in [0.1, 0.15) is 0 Å². The van der Waals surface area contributed by atoms with Gasteiger partial charge in [-0.05, 0) is 6.42 Å². The molecule has 0 aliphatic carbocycles. The second kappa shape index (κ2) is 3.82. The maximum Gasteiger partial charge on any atom is 0.277 e. The minimum Gasteiger partial charge on any atom is -0.343 e. The predicted octanol–water partition coefficient (Wildman–Crippen LogP) is 0.461. The molecule has 0 saturated carbocycles. The molecule has 3 heteroatoms. The second-order valence-corrected chi connectivity index (χ2v) is 1.95. The Morgan fingerprint density at radius 1 is 1.33 bits per heavy atom. The molecule has 0 saturated heterocycles. The first-order chi connectivity index (χ1) is 4.12. The van der Waals surface area contributed by atoms with Crippen LogP contribution in [-0.2, 0) is 4.74 Å². The largest absolute Gasteiger partial charge is 0.343 e. The van der Waals surface area contributed by atoms with Crippen molar-refractivity contribution >= 4 is 0 Å². The molecule has 2 N–H and O–H groups in total. The molecule has 0 heterocycles. The van der Waals surface area contributed by atoms with Crippen molar-refractivity contribution in [3.63, 3.8) is 0 Å². The summed E-state index contributed by atoms with van der Waals surface area (Å²) in [6.07, 6.45) is 0.996. The Morgan fingerprint density at radius 3 is 2.22 bits per heavy atom. The SMILES string of the molecule is CCCOC(O)(O)CC. The molecule has 56 valence electrons. The van der Waals surface area contributed by atoms with Gasteiger partial charge in [0, 0.05) is 6.42 Å². The van der Waals surface area contributed by atoms with Crippen LogP contribution in [0.4, 0.5) is 0 Å². The molecule has 3 nitrogen and oxygen atoms in total. The Hall–Kier alpha value is -0.120. The molecule has 0 unspecified atom stereocenters. The third-order valence-electron chi connectivity index (χ3n) is 0.998. The third-order valence-corrected chi connectivity index (χ3v) is 0.998. The van der Waals surface area contributed by atoms with Gasteiger partial charge in [0.05, 0.1) is 6.61 Å². The van der Waals surface area contributed by atoms with E-state index in [1.807, 2.05) is 6.92 Å². The number of hydrogen-bond acceptors (Lipinski definition) is 3. The molecule has 9 heavy (non-hydrogen) atoms. The minimum absolute atomic E-state index is 0.201. The van der Waals surface area contributed by atoms with Crippen LogP contribution < -0.4 is 0 Å². The average Bonchev–Trinajstić information content (AvgIpc) is 1.84. The van der Waals surface area contributed by atoms with Gasteiger partial charge in [-0.15, -0.1) is 0 Å². The lowest BCUT2D eigenvalue weighted by molar-refractivity contribution is -0.338. The van der Waals surface area contributed by atoms with Gasteiger partial charge in [0.2, 0.25) is 0 Å². The molecule has 0 radical (unpaired) electrons. The lowest BCUT2D eigenvalue weighted by atomic mass is 10.4. The van der Waals surface area contributed by atoms with Crippen molar-refractivity contribution in [3.05, 3.63) is 0 Å². The maximum absolute atomic E-state index is 8.79. The molecule has 0 aliphatic heterocycles. The molecule has 0 amide bonds. The van der Waals surface area contributed by atoms with Gasteiger partial charge in [-0.3, -0.25) is 0 Å². The summed E-state index contributed by atoms with van der Waals surface area (Å²) < 4.78 is 4.64. The topological polar surface area (TPSA) is 49.7 Å². The highest BCUT2D eigenvalue weighted by Crippen LogP contribution is 2.06. The normalized spacial score (nSPS) is 12.0. The first kappa shape index (κ1) is 8.88. The molecular formula is C6H14O3. The Morgan fingerprint density at radius 2 is 1.89 bits per heavy atom. The summed E-state index contributed by atoms with van der Waals surface area (Å²) >= 11 is 0. The van der Waals surface area contributed by atoms with E-state index >= 15 is 0 Å². The highest BCUT2D eigenvalue weighted by molar-refractivity contribution is 4.43. The van der Waals surface area contributed by atoms with E-state index in [0.29, 0.717) is 6.61 Å². The summed E-state index contributed by atoms with van der Waals surface area (Å²) in [5.74, 6) is -1.91. The van der Waals surface area contributed by atoms with E-state index in [4.69, 9.17) is 10.2 Å². The van der Waals surface area contributed by atoms with Crippen LogP contribution in [0, 0.1) is 0 Å². The molecule has 0 rings (SSSR count). The third kappa shape index (κ3) is 4.39. The van der Waals surface area contributed by atoms with Crippen LogP contribution in [0.5, 0.6) is 0 Å². The van der Waals surface area contributed by atoms with E-state index in [0.717, 1.165) is 6.42 Å². The van der Waals surface area contributed by atoms with Crippen molar-refractivity contribution in [3.8, 4) is 0 Å². The Labute approximate surface area is 55.3 Å². The fourth-order valence-corrected chi connectivity index (χ4v) is 0.368. The molecule has 0 aliphatic rings. The van der Waals surface area contributed by atoms with Crippen LogP contribution >= 0.6 is 0 Å². The van der Waals surface area contributed by atoms with Crippen molar-refractivity contribution in [1.29, 1.82) is 0 Å². The number of hydrogen-bond donors (Lipinski definition) is 2. The van der Waals surface area contributed by atoms with Gasteiger partial charge in [-0.2, -0.15) is 0 Å². The Kier molecular flexibility index (Phi) is 3.77. The van der Waals surface area contributed by atoms with Gasteiger partial charge >= 0.3 is 0 Å². The van der Waals surface area contributed by atoms with Gasteiger partial charge < -0.3 is 14.9 Å². The van der Waals surface area contributed by atoms with Crippen molar-refractivity contribution in [1.82, 2.24) is 0 Å². The summed E-state index contributed by atoms with van der Waals surface area (Å²) in [5.41, 5.74) is 0. The number of aliphatic hydroxyl groups is 2. The van der Waals surface area contributed by atoms with Gasteiger partial charge in [-0.25, -0.2) is 0 Å². The van der Waals surface area contributed by atoms with Crippen molar-refractivity contribution in [2.75, 3.05) is 6.61 Å². The molecule has 0 atom stereocenters. The quantitative estimate of drug-likeness (QED) is 0.549. The zero-order chi connectivity index (χ0) is 7.33. The Balaban J connectivity index is 3.33. The van der Waals surface area contributed by atoms with Gasteiger partial charge in [0.15, 0.2) is 0 Å². The number of ether oxygens (including phenoxy) is 1. The minimum atomic E-state index is -1.91. The monoisotopic (exact) mass is 134 g/mol. The zero-order valence-electron chi connectivity index (χ0n) is 5.92.